The summed E-state index contributed by atoms with van der Waals surface area (Å²) in [6.07, 6.45) is 7.52. The van der Waals surface area contributed by atoms with Crippen LogP contribution in [0.1, 0.15) is 32.1 Å². The van der Waals surface area contributed by atoms with E-state index in [1.54, 1.807) is 12.2 Å². The van der Waals surface area contributed by atoms with Gasteiger partial charge in [-0.05, 0) is 36.6 Å². The predicted molar refractivity (Wildman–Crippen MR) is 104 cm³/mol. The van der Waals surface area contributed by atoms with Gasteiger partial charge in [0.25, 0.3) is 0 Å². The maximum atomic E-state index is 10.5. The molecule has 0 aliphatic heterocycles. The van der Waals surface area contributed by atoms with Crippen LogP contribution in [0.3, 0.4) is 0 Å². The van der Waals surface area contributed by atoms with Crippen LogP contribution in [0.15, 0.2) is 41.1 Å². The summed E-state index contributed by atoms with van der Waals surface area (Å²) in [6.45, 7) is 0.132. The molecular formula is C20H28O6S. The van der Waals surface area contributed by atoms with Crippen molar-refractivity contribution in [2.24, 2.45) is 11.8 Å². The first-order valence-corrected chi connectivity index (χ1v) is 10.2. The molecule has 6 nitrogen and oxygen atoms in total. The lowest BCUT2D eigenvalue weighted by Gasteiger charge is -2.19. The predicted octanol–water partition coefficient (Wildman–Crippen LogP) is 2.60. The van der Waals surface area contributed by atoms with E-state index in [0.29, 0.717) is 25.7 Å². The van der Waals surface area contributed by atoms with Gasteiger partial charge >= 0.3 is 5.97 Å². The summed E-state index contributed by atoms with van der Waals surface area (Å²) < 4.78 is 5.46. The van der Waals surface area contributed by atoms with Crippen molar-refractivity contribution in [1.82, 2.24) is 0 Å². The van der Waals surface area contributed by atoms with Gasteiger partial charge in [0.05, 0.1) is 12.2 Å². The minimum absolute atomic E-state index is 0.128. The van der Waals surface area contributed by atoms with Crippen molar-refractivity contribution in [1.29, 1.82) is 0 Å². The molecule has 0 unspecified atom stereocenters. The van der Waals surface area contributed by atoms with E-state index in [1.165, 1.54) is 11.3 Å². The minimum atomic E-state index is -0.801. The van der Waals surface area contributed by atoms with Gasteiger partial charge in [-0.15, -0.1) is 11.3 Å². The molecule has 1 fully saturated rings. The Morgan fingerprint density at radius 3 is 2.85 bits per heavy atom. The highest BCUT2D eigenvalue weighted by molar-refractivity contribution is 7.08. The van der Waals surface area contributed by atoms with Crippen molar-refractivity contribution in [2.45, 2.75) is 50.4 Å². The molecule has 5 atom stereocenters. The van der Waals surface area contributed by atoms with Crippen molar-refractivity contribution >= 4 is 17.3 Å². The van der Waals surface area contributed by atoms with E-state index in [2.05, 4.69) is 0 Å². The van der Waals surface area contributed by atoms with E-state index in [1.807, 2.05) is 29.0 Å². The molecule has 0 amide bonds. The van der Waals surface area contributed by atoms with Crippen molar-refractivity contribution in [3.8, 4) is 5.75 Å². The first-order chi connectivity index (χ1) is 13.0. The second kappa shape index (κ2) is 11.2. The summed E-state index contributed by atoms with van der Waals surface area (Å²) in [6, 6.07) is 1.83. The van der Waals surface area contributed by atoms with Crippen LogP contribution in [0.2, 0.25) is 0 Å². The SMILES string of the molecule is O=C(O)CCC/C=C\C[C@@H]1[C@@H](/C=C/[C@@H](O)COc2ccsc2)[C@H](O)C[C@@H]1O. The number of hydrogen-bond donors (Lipinski definition) is 4. The highest BCUT2D eigenvalue weighted by Crippen LogP contribution is 2.36. The van der Waals surface area contributed by atoms with E-state index < -0.39 is 24.3 Å². The van der Waals surface area contributed by atoms with Gasteiger partial charge in [-0.1, -0.05) is 24.3 Å². The largest absolute Gasteiger partial charge is 0.490 e. The van der Waals surface area contributed by atoms with Gasteiger partial charge < -0.3 is 25.2 Å². The molecule has 1 aliphatic carbocycles. The fraction of sp³-hybridized carbons (Fsp3) is 0.550. The number of rotatable bonds is 11. The summed E-state index contributed by atoms with van der Waals surface area (Å²) in [5.41, 5.74) is 0. The number of unbranched alkanes of at least 4 members (excludes halogenated alkanes) is 1. The third-order valence-electron chi connectivity index (χ3n) is 4.72. The molecule has 1 aromatic heterocycles. The number of ether oxygens (including phenoxy) is 1. The molecule has 0 bridgehead atoms. The molecule has 1 saturated carbocycles. The average Bonchev–Trinajstić information content (AvgIpc) is 3.22. The van der Waals surface area contributed by atoms with Gasteiger partial charge in [-0.3, -0.25) is 4.79 Å². The summed E-state index contributed by atoms with van der Waals surface area (Å²) >= 11 is 1.52. The van der Waals surface area contributed by atoms with Crippen LogP contribution in [0.4, 0.5) is 0 Å². The number of aliphatic hydroxyl groups excluding tert-OH is 3. The molecule has 7 heteroatoms. The second-order valence-electron chi connectivity index (χ2n) is 6.83. The number of hydrogen-bond acceptors (Lipinski definition) is 6. The lowest BCUT2D eigenvalue weighted by Crippen LogP contribution is -2.21. The molecule has 0 saturated heterocycles. The van der Waals surface area contributed by atoms with Crippen LogP contribution < -0.4 is 4.74 Å². The highest BCUT2D eigenvalue weighted by Gasteiger charge is 2.39. The van der Waals surface area contributed by atoms with Crippen LogP contribution in [0, 0.1) is 11.8 Å². The van der Waals surface area contributed by atoms with Crippen molar-refractivity contribution in [3.05, 3.63) is 41.1 Å². The zero-order chi connectivity index (χ0) is 19.6. The maximum absolute atomic E-state index is 10.5. The smallest absolute Gasteiger partial charge is 0.303 e. The monoisotopic (exact) mass is 396 g/mol. The molecule has 1 heterocycles. The van der Waals surface area contributed by atoms with Crippen molar-refractivity contribution in [3.63, 3.8) is 0 Å². The average molecular weight is 397 g/mol. The summed E-state index contributed by atoms with van der Waals surface area (Å²) in [5, 5.41) is 42.8. The van der Waals surface area contributed by atoms with Gasteiger partial charge in [0.15, 0.2) is 0 Å². The fourth-order valence-corrected chi connectivity index (χ4v) is 3.85. The standard InChI is InChI=1S/C20H28O6S/c21-14(12-26-15-9-10-27-13-15)7-8-17-16(18(22)11-19(17)23)5-3-1-2-4-6-20(24)25/h1,3,7-10,13-14,16-19,21-23H,2,4-6,11-12H2,(H,24,25)/b3-1-,8-7+/t14-,16-,17-,18+,19-/m1/s1. The quantitative estimate of drug-likeness (QED) is 0.338. The number of thiophene rings is 1. The Morgan fingerprint density at radius 2 is 2.15 bits per heavy atom. The number of aliphatic hydroxyl groups is 3. The number of carbonyl (C=O) groups is 1. The van der Waals surface area contributed by atoms with Crippen molar-refractivity contribution < 1.29 is 30.0 Å². The highest BCUT2D eigenvalue weighted by atomic mass is 32.1. The van der Waals surface area contributed by atoms with Gasteiger partial charge in [-0.25, -0.2) is 0 Å². The third-order valence-corrected chi connectivity index (χ3v) is 5.39. The Bertz CT molecular complexity index is 612. The summed E-state index contributed by atoms with van der Waals surface area (Å²) in [5.74, 6) is -0.449. The molecule has 0 radical (unpaired) electrons. The third kappa shape index (κ3) is 7.46. The van der Waals surface area contributed by atoms with E-state index in [4.69, 9.17) is 9.84 Å². The Balaban J connectivity index is 1.81. The van der Waals surface area contributed by atoms with E-state index >= 15 is 0 Å². The van der Waals surface area contributed by atoms with E-state index in [9.17, 15) is 20.1 Å². The first kappa shape index (κ1) is 21.6. The number of carboxylic acids is 1. The molecule has 1 aromatic rings. The topological polar surface area (TPSA) is 107 Å². The first-order valence-electron chi connectivity index (χ1n) is 9.21. The van der Waals surface area contributed by atoms with Crippen LogP contribution >= 0.6 is 11.3 Å². The Labute approximate surface area is 163 Å². The van der Waals surface area contributed by atoms with Gasteiger partial charge in [-0.2, -0.15) is 0 Å². The molecule has 4 N–H and O–H groups in total. The Hall–Kier alpha value is -1.67. The molecule has 0 spiro atoms. The zero-order valence-corrected chi connectivity index (χ0v) is 16.0. The lowest BCUT2D eigenvalue weighted by atomic mass is 9.89. The van der Waals surface area contributed by atoms with E-state index in [-0.39, 0.29) is 24.9 Å². The minimum Gasteiger partial charge on any atom is -0.490 e. The number of aliphatic carboxylic acids is 1. The Kier molecular flexibility index (Phi) is 9.00. The molecular weight excluding hydrogens is 368 g/mol. The summed E-state index contributed by atoms with van der Waals surface area (Å²) in [4.78, 5) is 10.5. The molecule has 1 aliphatic rings. The van der Waals surface area contributed by atoms with E-state index in [0.717, 1.165) is 5.75 Å². The second-order valence-corrected chi connectivity index (χ2v) is 7.61. The normalized spacial score (nSPS) is 26.8. The fourth-order valence-electron chi connectivity index (χ4n) is 3.28. The summed E-state index contributed by atoms with van der Waals surface area (Å²) in [7, 11) is 0. The van der Waals surface area contributed by atoms with Crippen LogP contribution in [-0.4, -0.2) is 51.3 Å². The van der Waals surface area contributed by atoms with Gasteiger partial charge in [0.2, 0.25) is 0 Å². The van der Waals surface area contributed by atoms with Gasteiger partial charge in [0, 0.05) is 24.1 Å². The number of allylic oxidation sites excluding steroid dienone is 2. The number of carboxylic acid groups (broad SMARTS) is 1. The van der Waals surface area contributed by atoms with Crippen LogP contribution in [0.5, 0.6) is 5.75 Å². The van der Waals surface area contributed by atoms with Crippen LogP contribution in [-0.2, 0) is 4.79 Å². The lowest BCUT2D eigenvalue weighted by molar-refractivity contribution is -0.137. The Morgan fingerprint density at radius 1 is 1.33 bits per heavy atom. The molecule has 27 heavy (non-hydrogen) atoms. The van der Waals surface area contributed by atoms with Crippen LogP contribution in [0.25, 0.3) is 0 Å². The van der Waals surface area contributed by atoms with Gasteiger partial charge in [0.1, 0.15) is 18.5 Å². The zero-order valence-electron chi connectivity index (χ0n) is 15.2. The molecule has 2 rings (SSSR count). The molecule has 150 valence electrons. The maximum Gasteiger partial charge on any atom is 0.303 e. The molecule has 0 aromatic carbocycles. The van der Waals surface area contributed by atoms with Crippen molar-refractivity contribution in [2.75, 3.05) is 6.61 Å².